The van der Waals surface area contributed by atoms with Gasteiger partial charge >= 0.3 is 0 Å². The van der Waals surface area contributed by atoms with Gasteiger partial charge in [0, 0.05) is 45.3 Å². The largest absolute Gasteiger partial charge is 0.352 e. The molecule has 0 spiro atoms. The average molecular weight is 473 g/mol. The Morgan fingerprint density at radius 3 is 2.54 bits per heavy atom. The molecule has 1 aromatic carbocycles. The highest BCUT2D eigenvalue weighted by Gasteiger charge is 2.31. The summed E-state index contributed by atoms with van der Waals surface area (Å²) in [5.74, 6) is 1.52. The summed E-state index contributed by atoms with van der Waals surface area (Å²) in [5, 5.41) is 7.07. The monoisotopic (exact) mass is 473 g/mol. The zero-order valence-electron chi connectivity index (χ0n) is 17.1. The molecule has 1 aromatic rings. The summed E-state index contributed by atoms with van der Waals surface area (Å²) in [4.78, 5) is 9.13. The lowest BCUT2D eigenvalue weighted by molar-refractivity contribution is 0.265. The second kappa shape index (κ2) is 11.1. The lowest BCUT2D eigenvalue weighted by atomic mass is 10.1. The first-order chi connectivity index (χ1) is 11.9. The van der Waals surface area contributed by atoms with E-state index in [0.717, 1.165) is 32.1 Å². The summed E-state index contributed by atoms with van der Waals surface area (Å²) >= 11 is 0. The Balaban J connectivity index is 0.00000338. The molecule has 2 unspecified atom stereocenters. The number of hydrogen-bond donors (Lipinski definition) is 2. The highest BCUT2D eigenvalue weighted by Crippen LogP contribution is 2.18. The third-order valence-corrected chi connectivity index (χ3v) is 4.87. The minimum Gasteiger partial charge on any atom is -0.352 e. The van der Waals surface area contributed by atoms with Crippen LogP contribution in [0.15, 0.2) is 29.3 Å². The number of nitrogens with one attached hydrogen (secondary N) is 2. The van der Waals surface area contributed by atoms with Crippen molar-refractivity contribution < 1.29 is 0 Å². The topological polar surface area (TPSA) is 42.9 Å². The molecule has 0 saturated carbocycles. The fourth-order valence-corrected chi connectivity index (χ4v) is 3.37. The highest BCUT2D eigenvalue weighted by molar-refractivity contribution is 14.0. The van der Waals surface area contributed by atoms with E-state index >= 15 is 0 Å². The minimum atomic E-state index is 0. The number of likely N-dealkylation sites (tertiary alicyclic amines) is 1. The molecule has 2 atom stereocenters. The van der Waals surface area contributed by atoms with Gasteiger partial charge in [0.25, 0.3) is 0 Å². The van der Waals surface area contributed by atoms with Crippen LogP contribution in [-0.2, 0) is 13.1 Å². The number of halogens is 1. The summed E-state index contributed by atoms with van der Waals surface area (Å²) in [7, 11) is 6.04. The fourth-order valence-electron chi connectivity index (χ4n) is 3.37. The van der Waals surface area contributed by atoms with Gasteiger partial charge in [-0.2, -0.15) is 0 Å². The maximum Gasteiger partial charge on any atom is 0.191 e. The molecule has 0 radical (unpaired) electrons. The number of nitrogens with zero attached hydrogens (tertiary/aromatic N) is 3. The standard InChI is InChI=1S/C20H35N5.HI/c1-15(2)25-12-16(3)19(14-25)23-20(21-4)22-11-17-8-7-9-18(10-17)13-24(5)6;/h7-10,15-16,19H,11-14H2,1-6H3,(H2,21,22,23);1H. The van der Waals surface area contributed by atoms with Crippen molar-refractivity contribution in [2.24, 2.45) is 10.9 Å². The Morgan fingerprint density at radius 1 is 1.27 bits per heavy atom. The van der Waals surface area contributed by atoms with Gasteiger partial charge in [-0.25, -0.2) is 0 Å². The first-order valence-electron chi connectivity index (χ1n) is 9.32. The first-order valence-corrected chi connectivity index (χ1v) is 9.32. The smallest absolute Gasteiger partial charge is 0.191 e. The number of rotatable bonds is 6. The van der Waals surface area contributed by atoms with Crippen LogP contribution in [0.3, 0.4) is 0 Å². The molecule has 6 heteroatoms. The summed E-state index contributed by atoms with van der Waals surface area (Å²) in [5.41, 5.74) is 2.62. The molecule has 1 aliphatic rings. The Morgan fingerprint density at radius 2 is 1.96 bits per heavy atom. The van der Waals surface area contributed by atoms with Crippen LogP contribution >= 0.6 is 24.0 Å². The van der Waals surface area contributed by atoms with Crippen LogP contribution in [0.2, 0.25) is 0 Å². The molecule has 148 valence electrons. The third kappa shape index (κ3) is 7.04. The van der Waals surface area contributed by atoms with E-state index in [1.54, 1.807) is 0 Å². The van der Waals surface area contributed by atoms with E-state index in [-0.39, 0.29) is 24.0 Å². The van der Waals surface area contributed by atoms with Gasteiger partial charge in [-0.1, -0.05) is 31.2 Å². The molecule has 2 rings (SSSR count). The van der Waals surface area contributed by atoms with Crippen molar-refractivity contribution in [3.8, 4) is 0 Å². The van der Waals surface area contributed by atoms with Crippen molar-refractivity contribution in [1.29, 1.82) is 0 Å². The van der Waals surface area contributed by atoms with Gasteiger partial charge in [-0.05, 0) is 45.0 Å². The summed E-state index contributed by atoms with van der Waals surface area (Å²) < 4.78 is 0. The van der Waals surface area contributed by atoms with Gasteiger partial charge in [0.15, 0.2) is 5.96 Å². The van der Waals surface area contributed by atoms with Crippen LogP contribution in [0.25, 0.3) is 0 Å². The molecule has 0 bridgehead atoms. The Bertz CT molecular complexity index is 573. The lowest BCUT2D eigenvalue weighted by Gasteiger charge is -2.22. The maximum absolute atomic E-state index is 4.41. The van der Waals surface area contributed by atoms with E-state index < -0.39 is 0 Å². The number of benzene rings is 1. The third-order valence-electron chi connectivity index (χ3n) is 4.87. The SMILES string of the molecule is CN=C(NCc1cccc(CN(C)C)c1)NC1CN(C(C)C)CC1C.I. The zero-order valence-corrected chi connectivity index (χ0v) is 19.5. The molecule has 2 N–H and O–H groups in total. The van der Waals surface area contributed by atoms with Gasteiger partial charge in [0.1, 0.15) is 0 Å². The summed E-state index contributed by atoms with van der Waals surface area (Å²) in [6.07, 6.45) is 0. The van der Waals surface area contributed by atoms with Crippen molar-refractivity contribution in [2.45, 2.75) is 45.9 Å². The van der Waals surface area contributed by atoms with Crippen LogP contribution in [0.1, 0.15) is 31.9 Å². The van der Waals surface area contributed by atoms with E-state index in [2.05, 4.69) is 84.6 Å². The van der Waals surface area contributed by atoms with Crippen molar-refractivity contribution >= 4 is 29.9 Å². The fraction of sp³-hybridized carbons (Fsp3) is 0.650. The normalized spacial score (nSPS) is 21.2. The average Bonchev–Trinajstić information content (AvgIpc) is 2.92. The predicted octanol–water partition coefficient (Wildman–Crippen LogP) is 2.76. The Kier molecular flexibility index (Phi) is 9.89. The molecule has 1 fully saturated rings. The lowest BCUT2D eigenvalue weighted by Crippen LogP contribution is -2.46. The van der Waals surface area contributed by atoms with Gasteiger partial charge in [-0.3, -0.25) is 9.89 Å². The second-order valence-corrected chi connectivity index (χ2v) is 7.76. The van der Waals surface area contributed by atoms with E-state index in [9.17, 15) is 0 Å². The molecule has 26 heavy (non-hydrogen) atoms. The van der Waals surface area contributed by atoms with Crippen molar-refractivity contribution in [1.82, 2.24) is 20.4 Å². The van der Waals surface area contributed by atoms with Gasteiger partial charge < -0.3 is 15.5 Å². The van der Waals surface area contributed by atoms with Crippen molar-refractivity contribution in [3.63, 3.8) is 0 Å². The number of aliphatic imine (C=N–C) groups is 1. The molecule has 1 saturated heterocycles. The van der Waals surface area contributed by atoms with E-state index in [0.29, 0.717) is 18.0 Å². The molecule has 0 aromatic heterocycles. The molecular weight excluding hydrogens is 437 g/mol. The quantitative estimate of drug-likeness (QED) is 0.379. The van der Waals surface area contributed by atoms with E-state index in [1.165, 1.54) is 11.1 Å². The second-order valence-electron chi connectivity index (χ2n) is 7.76. The van der Waals surface area contributed by atoms with Crippen molar-refractivity contribution in [2.75, 3.05) is 34.2 Å². The molecule has 0 amide bonds. The minimum absolute atomic E-state index is 0. The Labute approximate surface area is 176 Å². The first kappa shape index (κ1) is 23.2. The Hall–Kier alpha value is -0.860. The number of guanidine groups is 1. The van der Waals surface area contributed by atoms with Crippen molar-refractivity contribution in [3.05, 3.63) is 35.4 Å². The summed E-state index contributed by atoms with van der Waals surface area (Å²) in [6.45, 7) is 10.8. The maximum atomic E-state index is 4.41. The van der Waals surface area contributed by atoms with Crippen LogP contribution in [0.4, 0.5) is 0 Å². The van der Waals surface area contributed by atoms with Gasteiger partial charge in [-0.15, -0.1) is 24.0 Å². The van der Waals surface area contributed by atoms with Crippen LogP contribution in [0.5, 0.6) is 0 Å². The molecule has 1 heterocycles. The molecule has 0 aliphatic carbocycles. The van der Waals surface area contributed by atoms with Crippen LogP contribution in [-0.4, -0.2) is 62.1 Å². The van der Waals surface area contributed by atoms with Crippen LogP contribution in [0, 0.1) is 5.92 Å². The van der Waals surface area contributed by atoms with Crippen LogP contribution < -0.4 is 10.6 Å². The van der Waals surface area contributed by atoms with Gasteiger partial charge in [0.2, 0.25) is 0 Å². The summed E-state index contributed by atoms with van der Waals surface area (Å²) in [6, 6.07) is 9.79. The molecule has 1 aliphatic heterocycles. The number of hydrogen-bond acceptors (Lipinski definition) is 3. The van der Waals surface area contributed by atoms with Gasteiger partial charge in [0.05, 0.1) is 0 Å². The highest BCUT2D eigenvalue weighted by atomic mass is 127. The molecule has 5 nitrogen and oxygen atoms in total. The van der Waals surface area contributed by atoms with E-state index in [4.69, 9.17) is 0 Å². The molecular formula is C20H36IN5. The zero-order chi connectivity index (χ0) is 18.4. The van der Waals surface area contributed by atoms with E-state index in [1.807, 2.05) is 7.05 Å². The predicted molar refractivity (Wildman–Crippen MR) is 122 cm³/mol.